The van der Waals surface area contributed by atoms with Crippen molar-refractivity contribution in [3.8, 4) is 5.75 Å². The molecule has 0 unspecified atom stereocenters. The number of carbonyl (C=O) groups is 1. The van der Waals surface area contributed by atoms with Crippen LogP contribution >= 0.6 is 0 Å². The topological polar surface area (TPSA) is 88.6 Å². The zero-order valence-corrected chi connectivity index (χ0v) is 20.1. The van der Waals surface area contributed by atoms with E-state index in [1.165, 1.54) is 6.07 Å². The van der Waals surface area contributed by atoms with Crippen LogP contribution in [0.3, 0.4) is 0 Å². The van der Waals surface area contributed by atoms with Crippen molar-refractivity contribution in [1.29, 1.82) is 0 Å². The first-order valence-electron chi connectivity index (χ1n) is 11.0. The lowest BCUT2D eigenvalue weighted by molar-refractivity contribution is -0.127. The minimum absolute atomic E-state index is 0.00272. The zero-order chi connectivity index (χ0) is 23.8. The third-order valence-electron chi connectivity index (χ3n) is 5.73. The maximum atomic E-state index is 13.2. The van der Waals surface area contributed by atoms with Crippen LogP contribution < -0.4 is 14.4 Å². The Morgan fingerprint density at radius 3 is 2.67 bits per heavy atom. The van der Waals surface area contributed by atoms with Crippen molar-refractivity contribution in [2.24, 2.45) is 11.3 Å². The van der Waals surface area contributed by atoms with Gasteiger partial charge in [0.15, 0.2) is 0 Å². The quantitative estimate of drug-likeness (QED) is 0.561. The molecule has 2 aromatic carbocycles. The van der Waals surface area contributed by atoms with Gasteiger partial charge in [-0.2, -0.15) is 0 Å². The monoisotopic (exact) mass is 467 g/mol. The first-order chi connectivity index (χ1) is 15.6. The summed E-state index contributed by atoms with van der Waals surface area (Å²) < 4.78 is 35.0. The molecule has 0 radical (unpaired) electrons. The molecule has 0 aliphatic carbocycles. The van der Waals surface area contributed by atoms with Gasteiger partial charge in [0.2, 0.25) is 5.91 Å². The minimum atomic E-state index is -3.89. The molecular weight excluding hydrogens is 438 g/mol. The van der Waals surface area contributed by atoms with Crippen LogP contribution in [0.25, 0.3) is 10.9 Å². The number of fused-ring (bicyclic) bond motifs is 2. The van der Waals surface area contributed by atoms with Crippen molar-refractivity contribution in [3.63, 3.8) is 0 Å². The molecule has 8 heteroatoms. The van der Waals surface area contributed by atoms with Gasteiger partial charge in [-0.1, -0.05) is 32.0 Å². The van der Waals surface area contributed by atoms with E-state index >= 15 is 0 Å². The van der Waals surface area contributed by atoms with Gasteiger partial charge >= 0.3 is 0 Å². The Kier molecular flexibility index (Phi) is 6.05. The molecule has 174 valence electrons. The Morgan fingerprint density at radius 2 is 1.91 bits per heavy atom. The van der Waals surface area contributed by atoms with Gasteiger partial charge in [0.05, 0.1) is 22.3 Å². The Bertz CT molecular complexity index is 1300. The summed E-state index contributed by atoms with van der Waals surface area (Å²) >= 11 is 0. The largest absolute Gasteiger partial charge is 0.490 e. The van der Waals surface area contributed by atoms with E-state index in [2.05, 4.69) is 23.6 Å². The Hall–Kier alpha value is -3.13. The Labute approximate surface area is 194 Å². The van der Waals surface area contributed by atoms with E-state index < -0.39 is 15.4 Å². The van der Waals surface area contributed by atoms with Gasteiger partial charge in [-0.3, -0.25) is 14.5 Å². The molecule has 33 heavy (non-hydrogen) atoms. The molecule has 0 bridgehead atoms. The SMILES string of the molecule is CC(C)CCN1C(=O)C(C)(C)COc2cc(NS(=O)(=O)c3cccc4cccnc34)ccc21. The van der Waals surface area contributed by atoms with Crippen molar-refractivity contribution >= 4 is 38.2 Å². The van der Waals surface area contributed by atoms with Crippen molar-refractivity contribution in [3.05, 3.63) is 54.7 Å². The summed E-state index contributed by atoms with van der Waals surface area (Å²) in [6.07, 6.45) is 2.42. The van der Waals surface area contributed by atoms with Crippen LogP contribution in [-0.2, 0) is 14.8 Å². The van der Waals surface area contributed by atoms with Gasteiger partial charge in [0.25, 0.3) is 10.0 Å². The van der Waals surface area contributed by atoms with Crippen molar-refractivity contribution in [2.45, 2.75) is 39.0 Å². The molecule has 0 fully saturated rings. The lowest BCUT2D eigenvalue weighted by atomic mass is 9.92. The molecule has 3 aromatic rings. The van der Waals surface area contributed by atoms with Crippen LogP contribution in [0.4, 0.5) is 11.4 Å². The van der Waals surface area contributed by atoms with Crippen LogP contribution in [0.2, 0.25) is 0 Å². The van der Waals surface area contributed by atoms with E-state index in [1.54, 1.807) is 41.4 Å². The highest BCUT2D eigenvalue weighted by atomic mass is 32.2. The normalized spacial score (nSPS) is 15.8. The number of anilines is 2. The number of pyridine rings is 1. The second-order valence-electron chi connectivity index (χ2n) is 9.43. The van der Waals surface area contributed by atoms with Crippen molar-refractivity contribution in [2.75, 3.05) is 22.8 Å². The molecule has 0 saturated carbocycles. The number of para-hydroxylation sites is 1. The molecular formula is C25H29N3O4S. The Morgan fingerprint density at radius 1 is 1.15 bits per heavy atom. The maximum Gasteiger partial charge on any atom is 0.264 e. The number of hydrogen-bond donors (Lipinski definition) is 1. The van der Waals surface area contributed by atoms with E-state index in [4.69, 9.17) is 4.74 Å². The smallest absolute Gasteiger partial charge is 0.264 e. The maximum absolute atomic E-state index is 13.2. The number of ether oxygens (including phenoxy) is 1. The van der Waals surface area contributed by atoms with Crippen molar-refractivity contribution in [1.82, 2.24) is 4.98 Å². The van der Waals surface area contributed by atoms with E-state index in [0.717, 1.165) is 11.8 Å². The third-order valence-corrected chi connectivity index (χ3v) is 7.14. The summed E-state index contributed by atoms with van der Waals surface area (Å²) in [4.78, 5) is 19.3. The first-order valence-corrected chi connectivity index (χ1v) is 12.5. The fourth-order valence-corrected chi connectivity index (χ4v) is 5.05. The predicted octanol–water partition coefficient (Wildman–Crippen LogP) is 4.83. The second-order valence-corrected chi connectivity index (χ2v) is 11.1. The number of sulfonamides is 1. The minimum Gasteiger partial charge on any atom is -0.490 e. The molecule has 0 atom stereocenters. The molecule has 2 heterocycles. The fraction of sp³-hybridized carbons (Fsp3) is 0.360. The highest BCUT2D eigenvalue weighted by Crippen LogP contribution is 2.39. The lowest BCUT2D eigenvalue weighted by Gasteiger charge is -2.28. The molecule has 7 nitrogen and oxygen atoms in total. The molecule has 1 N–H and O–H groups in total. The molecule has 1 aromatic heterocycles. The molecule has 1 amide bonds. The van der Waals surface area contributed by atoms with Gasteiger partial charge in [-0.15, -0.1) is 0 Å². The zero-order valence-electron chi connectivity index (χ0n) is 19.3. The number of nitrogens with zero attached hydrogens (tertiary/aromatic N) is 2. The van der Waals surface area contributed by atoms with Crippen LogP contribution in [0, 0.1) is 11.3 Å². The fourth-order valence-electron chi connectivity index (χ4n) is 3.82. The first kappa shape index (κ1) is 23.0. The summed E-state index contributed by atoms with van der Waals surface area (Å²) in [6, 6.07) is 13.7. The van der Waals surface area contributed by atoms with Crippen LogP contribution in [0.1, 0.15) is 34.1 Å². The number of benzene rings is 2. The van der Waals surface area contributed by atoms with E-state index in [-0.39, 0.29) is 17.4 Å². The van der Waals surface area contributed by atoms with Crippen LogP contribution in [-0.4, -0.2) is 32.5 Å². The number of hydrogen-bond acceptors (Lipinski definition) is 5. The molecule has 1 aliphatic rings. The average Bonchev–Trinajstić information content (AvgIpc) is 2.86. The number of carbonyl (C=O) groups excluding carboxylic acids is 1. The summed E-state index contributed by atoms with van der Waals surface area (Å²) in [5.41, 5.74) is 0.731. The van der Waals surface area contributed by atoms with Gasteiger partial charge in [-0.05, 0) is 50.5 Å². The summed E-state index contributed by atoms with van der Waals surface area (Å²) in [6.45, 7) is 8.74. The summed E-state index contributed by atoms with van der Waals surface area (Å²) in [7, 11) is -3.89. The van der Waals surface area contributed by atoms with E-state index in [1.807, 2.05) is 26.0 Å². The van der Waals surface area contributed by atoms with Crippen LogP contribution in [0.15, 0.2) is 59.6 Å². The third kappa shape index (κ3) is 4.66. The number of nitrogens with one attached hydrogen (secondary N) is 1. The van der Waals surface area contributed by atoms with Gasteiger partial charge in [0, 0.05) is 24.2 Å². The summed E-state index contributed by atoms with van der Waals surface area (Å²) in [5, 5.41) is 0.743. The molecule has 4 rings (SSSR count). The van der Waals surface area contributed by atoms with Crippen molar-refractivity contribution < 1.29 is 17.9 Å². The van der Waals surface area contributed by atoms with Gasteiger partial charge in [-0.25, -0.2) is 8.42 Å². The van der Waals surface area contributed by atoms with E-state index in [0.29, 0.717) is 35.1 Å². The summed E-state index contributed by atoms with van der Waals surface area (Å²) in [5.74, 6) is 0.917. The number of amides is 1. The van der Waals surface area contributed by atoms with Gasteiger partial charge < -0.3 is 9.64 Å². The number of aromatic nitrogens is 1. The average molecular weight is 468 g/mol. The second kappa shape index (κ2) is 8.67. The van der Waals surface area contributed by atoms with Gasteiger partial charge in [0.1, 0.15) is 17.3 Å². The predicted molar refractivity (Wildman–Crippen MR) is 130 cm³/mol. The lowest BCUT2D eigenvalue weighted by Crippen LogP contribution is -2.42. The van der Waals surface area contributed by atoms with E-state index in [9.17, 15) is 13.2 Å². The molecule has 0 saturated heterocycles. The van der Waals surface area contributed by atoms with Crippen LogP contribution in [0.5, 0.6) is 5.75 Å². The Balaban J connectivity index is 1.69. The molecule has 1 aliphatic heterocycles. The number of rotatable bonds is 6. The molecule has 0 spiro atoms. The highest BCUT2D eigenvalue weighted by molar-refractivity contribution is 7.93. The standard InChI is InChI=1S/C25H29N3O4S/c1-17(2)12-14-28-20-11-10-19(15-21(20)32-16-25(3,4)24(28)29)27-33(30,31)22-9-5-7-18-8-6-13-26-23(18)22/h5-11,13,15,17,27H,12,14,16H2,1-4H3. The highest BCUT2D eigenvalue weighted by Gasteiger charge is 2.37.